The summed E-state index contributed by atoms with van der Waals surface area (Å²) in [6.45, 7) is 6.84. The number of ketones is 1. The standard InChI is InChI=1S/C15H19N3O4/c1-5-6-11-17-12(22-18-11)7-21-15(20)14-8(2)13(10(4)19)9(3)16-14/h16H,5-7H2,1-4H3. The highest BCUT2D eigenvalue weighted by atomic mass is 16.6. The maximum Gasteiger partial charge on any atom is 0.355 e. The number of carbonyl (C=O) groups is 2. The molecule has 0 aliphatic rings. The first-order valence-corrected chi connectivity index (χ1v) is 7.12. The fraction of sp³-hybridized carbons (Fsp3) is 0.467. The highest BCUT2D eigenvalue weighted by Gasteiger charge is 2.21. The molecule has 7 nitrogen and oxygen atoms in total. The van der Waals surface area contributed by atoms with Gasteiger partial charge in [-0.15, -0.1) is 0 Å². The minimum absolute atomic E-state index is 0.0913. The van der Waals surface area contributed by atoms with Crippen molar-refractivity contribution in [2.45, 2.75) is 47.1 Å². The second-order valence-electron chi connectivity index (χ2n) is 5.11. The number of carbonyl (C=O) groups excluding carboxylic acids is 2. The second kappa shape index (κ2) is 6.55. The first-order chi connectivity index (χ1) is 10.4. The number of rotatable bonds is 6. The van der Waals surface area contributed by atoms with E-state index < -0.39 is 5.97 Å². The number of Topliss-reactive ketones (excluding diaryl/α,β-unsaturated/α-hetero) is 1. The molecule has 0 saturated carbocycles. The molecule has 7 heteroatoms. The lowest BCUT2D eigenvalue weighted by molar-refractivity contribution is 0.0422. The molecule has 2 aromatic heterocycles. The third kappa shape index (κ3) is 3.24. The van der Waals surface area contributed by atoms with Crippen LogP contribution in [0.2, 0.25) is 0 Å². The summed E-state index contributed by atoms with van der Waals surface area (Å²) in [5, 5.41) is 3.79. The van der Waals surface area contributed by atoms with E-state index in [0.29, 0.717) is 29.1 Å². The number of aryl methyl sites for hydroxylation is 2. The Labute approximate surface area is 128 Å². The quantitative estimate of drug-likeness (QED) is 0.650. The minimum Gasteiger partial charge on any atom is -0.451 e. The van der Waals surface area contributed by atoms with Gasteiger partial charge in [0.15, 0.2) is 18.2 Å². The first kappa shape index (κ1) is 15.9. The van der Waals surface area contributed by atoms with Crippen molar-refractivity contribution in [1.82, 2.24) is 15.1 Å². The van der Waals surface area contributed by atoms with E-state index >= 15 is 0 Å². The van der Waals surface area contributed by atoms with Gasteiger partial charge >= 0.3 is 5.97 Å². The van der Waals surface area contributed by atoms with Gasteiger partial charge in [0, 0.05) is 17.7 Å². The van der Waals surface area contributed by atoms with Gasteiger partial charge in [0.1, 0.15) is 5.69 Å². The second-order valence-corrected chi connectivity index (χ2v) is 5.11. The zero-order valence-corrected chi connectivity index (χ0v) is 13.1. The number of hydrogen-bond acceptors (Lipinski definition) is 6. The largest absolute Gasteiger partial charge is 0.451 e. The molecule has 2 aromatic rings. The van der Waals surface area contributed by atoms with Gasteiger partial charge in [-0.1, -0.05) is 12.1 Å². The van der Waals surface area contributed by atoms with Gasteiger partial charge in [-0.05, 0) is 32.8 Å². The van der Waals surface area contributed by atoms with Crippen molar-refractivity contribution in [3.63, 3.8) is 0 Å². The van der Waals surface area contributed by atoms with E-state index in [1.54, 1.807) is 13.8 Å². The predicted octanol–water partition coefficient (Wildman–Crippen LogP) is 2.53. The van der Waals surface area contributed by atoms with Crippen molar-refractivity contribution in [2.24, 2.45) is 0 Å². The lowest BCUT2D eigenvalue weighted by atomic mass is 10.1. The Kier molecular flexibility index (Phi) is 4.75. The molecule has 0 fully saturated rings. The molecular formula is C15H19N3O4. The number of nitrogens with zero attached hydrogens (tertiary/aromatic N) is 2. The van der Waals surface area contributed by atoms with Crippen molar-refractivity contribution in [1.29, 1.82) is 0 Å². The zero-order chi connectivity index (χ0) is 16.3. The number of esters is 1. The molecule has 1 N–H and O–H groups in total. The van der Waals surface area contributed by atoms with Gasteiger partial charge in [0.2, 0.25) is 0 Å². The van der Waals surface area contributed by atoms with E-state index in [1.807, 2.05) is 6.92 Å². The number of aromatic nitrogens is 3. The van der Waals surface area contributed by atoms with E-state index in [9.17, 15) is 9.59 Å². The van der Waals surface area contributed by atoms with Crippen LogP contribution in [0.3, 0.4) is 0 Å². The monoisotopic (exact) mass is 305 g/mol. The van der Waals surface area contributed by atoms with Crippen molar-refractivity contribution >= 4 is 11.8 Å². The summed E-state index contributed by atoms with van der Waals surface area (Å²) in [6, 6.07) is 0. The van der Waals surface area contributed by atoms with E-state index in [1.165, 1.54) is 6.92 Å². The molecule has 2 rings (SSSR count). The van der Waals surface area contributed by atoms with Gasteiger partial charge in [-0.3, -0.25) is 4.79 Å². The Hall–Kier alpha value is -2.44. The molecule has 0 bridgehead atoms. The van der Waals surface area contributed by atoms with Crippen molar-refractivity contribution in [2.75, 3.05) is 0 Å². The molecule has 0 saturated heterocycles. The van der Waals surface area contributed by atoms with Crippen LogP contribution in [-0.2, 0) is 17.8 Å². The van der Waals surface area contributed by atoms with Crippen LogP contribution in [0.5, 0.6) is 0 Å². The SMILES string of the molecule is CCCc1noc(COC(=O)c2[nH]c(C)c(C(C)=O)c2C)n1. The normalized spacial score (nSPS) is 10.7. The summed E-state index contributed by atoms with van der Waals surface area (Å²) >= 11 is 0. The summed E-state index contributed by atoms with van der Waals surface area (Å²) in [7, 11) is 0. The summed E-state index contributed by atoms with van der Waals surface area (Å²) < 4.78 is 10.2. The highest BCUT2D eigenvalue weighted by Crippen LogP contribution is 2.19. The maximum atomic E-state index is 12.1. The van der Waals surface area contributed by atoms with Crippen molar-refractivity contribution < 1.29 is 18.8 Å². The molecule has 22 heavy (non-hydrogen) atoms. The van der Waals surface area contributed by atoms with Gasteiger partial charge in [-0.25, -0.2) is 4.79 Å². The summed E-state index contributed by atoms with van der Waals surface area (Å²) in [5.74, 6) is 0.207. The fourth-order valence-corrected chi connectivity index (χ4v) is 2.36. The van der Waals surface area contributed by atoms with Crippen LogP contribution in [0.15, 0.2) is 4.52 Å². The van der Waals surface area contributed by atoms with Gasteiger partial charge in [-0.2, -0.15) is 4.98 Å². The predicted molar refractivity (Wildman–Crippen MR) is 77.7 cm³/mol. The third-order valence-corrected chi connectivity index (χ3v) is 3.30. The van der Waals surface area contributed by atoms with E-state index in [-0.39, 0.29) is 24.0 Å². The molecule has 0 aliphatic heterocycles. The highest BCUT2D eigenvalue weighted by molar-refractivity contribution is 6.01. The van der Waals surface area contributed by atoms with E-state index in [0.717, 1.165) is 6.42 Å². The van der Waals surface area contributed by atoms with Gasteiger partial charge in [0.25, 0.3) is 5.89 Å². The fourth-order valence-electron chi connectivity index (χ4n) is 2.36. The summed E-state index contributed by atoms with van der Waals surface area (Å²) in [5.41, 5.74) is 2.04. The van der Waals surface area contributed by atoms with Crippen LogP contribution in [0.25, 0.3) is 0 Å². The van der Waals surface area contributed by atoms with Gasteiger partial charge < -0.3 is 14.2 Å². The average Bonchev–Trinajstić information content (AvgIpc) is 3.01. The number of hydrogen-bond donors (Lipinski definition) is 1. The van der Waals surface area contributed by atoms with E-state index in [2.05, 4.69) is 15.1 Å². The maximum absolute atomic E-state index is 12.1. The molecule has 0 atom stereocenters. The third-order valence-electron chi connectivity index (χ3n) is 3.30. The topological polar surface area (TPSA) is 98.1 Å². The number of H-pyrrole nitrogens is 1. The molecule has 118 valence electrons. The number of ether oxygens (including phenoxy) is 1. The zero-order valence-electron chi connectivity index (χ0n) is 13.1. The molecule has 0 aliphatic carbocycles. The lowest BCUT2D eigenvalue weighted by Crippen LogP contribution is -2.08. The lowest BCUT2D eigenvalue weighted by Gasteiger charge is -2.01. The Bertz CT molecular complexity index is 700. The van der Waals surface area contributed by atoms with Gasteiger partial charge in [0.05, 0.1) is 0 Å². The molecule has 0 radical (unpaired) electrons. The van der Waals surface area contributed by atoms with Crippen LogP contribution in [-0.4, -0.2) is 26.9 Å². The number of aromatic amines is 1. The Morgan fingerprint density at radius 2 is 2.05 bits per heavy atom. The smallest absolute Gasteiger partial charge is 0.355 e. The molecule has 0 spiro atoms. The van der Waals surface area contributed by atoms with Crippen LogP contribution in [0.1, 0.15) is 64.1 Å². The number of nitrogens with one attached hydrogen (secondary N) is 1. The summed E-state index contributed by atoms with van der Waals surface area (Å²) in [4.78, 5) is 30.7. The summed E-state index contributed by atoms with van der Waals surface area (Å²) in [6.07, 6.45) is 1.63. The van der Waals surface area contributed by atoms with Crippen molar-refractivity contribution in [3.8, 4) is 0 Å². The van der Waals surface area contributed by atoms with Crippen LogP contribution in [0, 0.1) is 13.8 Å². The Morgan fingerprint density at radius 1 is 1.32 bits per heavy atom. The minimum atomic E-state index is -0.552. The van der Waals surface area contributed by atoms with Crippen LogP contribution in [0.4, 0.5) is 0 Å². The molecule has 0 amide bonds. The van der Waals surface area contributed by atoms with E-state index in [4.69, 9.17) is 9.26 Å². The van der Waals surface area contributed by atoms with Crippen LogP contribution >= 0.6 is 0 Å². The van der Waals surface area contributed by atoms with Crippen LogP contribution < -0.4 is 0 Å². The molecule has 0 aromatic carbocycles. The Balaban J connectivity index is 2.06. The average molecular weight is 305 g/mol. The molecular weight excluding hydrogens is 286 g/mol. The van der Waals surface area contributed by atoms with Crippen molar-refractivity contribution in [3.05, 3.63) is 34.2 Å². The molecule has 0 unspecified atom stereocenters. The molecule has 2 heterocycles. The first-order valence-electron chi connectivity index (χ1n) is 7.12. The Morgan fingerprint density at radius 3 is 2.64 bits per heavy atom.